The summed E-state index contributed by atoms with van der Waals surface area (Å²) in [5.41, 5.74) is 6.40. The van der Waals surface area contributed by atoms with E-state index in [1.165, 1.54) is 0 Å². The van der Waals surface area contributed by atoms with Crippen molar-refractivity contribution in [2.45, 2.75) is 13.8 Å². The third kappa shape index (κ3) is 5.19. The smallest absolute Gasteiger partial charge is 0.253 e. The van der Waals surface area contributed by atoms with Crippen LogP contribution in [0.4, 0.5) is 0 Å². The molecule has 5 nitrogen and oxygen atoms in total. The molecule has 5 heteroatoms. The number of carbonyl (C=O) groups is 1. The van der Waals surface area contributed by atoms with E-state index in [2.05, 4.69) is 35.3 Å². The lowest BCUT2D eigenvalue weighted by Gasteiger charge is -2.26. The van der Waals surface area contributed by atoms with Crippen LogP contribution in [0.25, 0.3) is 22.4 Å². The van der Waals surface area contributed by atoms with Crippen LogP contribution in [0.2, 0.25) is 0 Å². The first-order chi connectivity index (χ1) is 15.1. The van der Waals surface area contributed by atoms with Gasteiger partial charge in [0.1, 0.15) is 0 Å². The molecule has 3 aromatic rings. The zero-order chi connectivity index (χ0) is 21.6. The Bertz CT molecular complexity index is 1040. The summed E-state index contributed by atoms with van der Waals surface area (Å²) in [6.07, 6.45) is 0. The Balaban J connectivity index is 1.64. The number of nitrogens with one attached hydrogen (secondary N) is 1. The van der Waals surface area contributed by atoms with Crippen LogP contribution < -0.4 is 5.32 Å². The van der Waals surface area contributed by atoms with Gasteiger partial charge in [-0.2, -0.15) is 0 Å². The van der Waals surface area contributed by atoms with Gasteiger partial charge in [-0.25, -0.2) is 0 Å². The number of amides is 1. The minimum atomic E-state index is -0.0747. The summed E-state index contributed by atoms with van der Waals surface area (Å²) in [6.45, 7) is 8.76. The van der Waals surface area contributed by atoms with Crippen molar-refractivity contribution in [1.29, 1.82) is 0 Å². The fourth-order valence-corrected chi connectivity index (χ4v) is 4.00. The van der Waals surface area contributed by atoms with Gasteiger partial charge in [-0.05, 0) is 31.0 Å². The van der Waals surface area contributed by atoms with Gasteiger partial charge in [-0.3, -0.25) is 14.7 Å². The van der Waals surface area contributed by atoms with Gasteiger partial charge < -0.3 is 10.1 Å². The van der Waals surface area contributed by atoms with E-state index in [1.54, 1.807) is 0 Å². The molecule has 0 unspecified atom stereocenters. The van der Waals surface area contributed by atoms with Crippen molar-refractivity contribution in [3.8, 4) is 22.4 Å². The number of rotatable bonds is 6. The molecule has 0 aliphatic carbocycles. The SMILES string of the molecule is Cc1cccc(-c2cc(-c3ccccc3)nc(C)c2C(=O)NCCN2CCOCC2)c1. The molecule has 0 atom stereocenters. The normalized spacial score (nSPS) is 14.4. The van der Waals surface area contributed by atoms with Crippen molar-refractivity contribution in [2.75, 3.05) is 39.4 Å². The Labute approximate surface area is 184 Å². The number of hydrogen-bond acceptors (Lipinski definition) is 4. The summed E-state index contributed by atoms with van der Waals surface area (Å²) in [5.74, 6) is -0.0747. The number of aromatic nitrogens is 1. The summed E-state index contributed by atoms with van der Waals surface area (Å²) >= 11 is 0. The van der Waals surface area contributed by atoms with Gasteiger partial charge in [-0.15, -0.1) is 0 Å². The van der Waals surface area contributed by atoms with Crippen LogP contribution in [-0.2, 0) is 4.74 Å². The highest BCUT2D eigenvalue weighted by molar-refractivity contribution is 6.02. The molecule has 0 spiro atoms. The molecule has 31 heavy (non-hydrogen) atoms. The summed E-state index contributed by atoms with van der Waals surface area (Å²) < 4.78 is 5.40. The van der Waals surface area contributed by atoms with Gasteiger partial charge in [0.15, 0.2) is 0 Å². The first-order valence-corrected chi connectivity index (χ1v) is 10.8. The predicted octanol–water partition coefficient (Wildman–Crippen LogP) is 4.09. The number of carbonyl (C=O) groups excluding carboxylic acids is 1. The molecule has 1 N–H and O–H groups in total. The Morgan fingerprint density at radius 3 is 2.48 bits per heavy atom. The van der Waals surface area contributed by atoms with E-state index in [9.17, 15) is 4.79 Å². The van der Waals surface area contributed by atoms with Crippen molar-refractivity contribution in [3.05, 3.63) is 77.5 Å². The number of hydrogen-bond donors (Lipinski definition) is 1. The monoisotopic (exact) mass is 415 g/mol. The van der Waals surface area contributed by atoms with E-state index >= 15 is 0 Å². The highest BCUT2D eigenvalue weighted by Crippen LogP contribution is 2.30. The minimum Gasteiger partial charge on any atom is -0.379 e. The van der Waals surface area contributed by atoms with Crippen LogP contribution in [0.15, 0.2) is 60.7 Å². The average Bonchev–Trinajstić information content (AvgIpc) is 2.79. The lowest BCUT2D eigenvalue weighted by molar-refractivity contribution is 0.0383. The molecule has 4 rings (SSSR count). The van der Waals surface area contributed by atoms with E-state index in [-0.39, 0.29) is 5.91 Å². The molecule has 0 radical (unpaired) electrons. The largest absolute Gasteiger partial charge is 0.379 e. The summed E-state index contributed by atoms with van der Waals surface area (Å²) in [5, 5.41) is 3.11. The molecular formula is C26H29N3O2. The average molecular weight is 416 g/mol. The second kappa shape index (κ2) is 9.86. The molecule has 2 aromatic carbocycles. The minimum absolute atomic E-state index is 0.0747. The van der Waals surface area contributed by atoms with E-state index in [0.717, 1.165) is 66.5 Å². The van der Waals surface area contributed by atoms with Crippen molar-refractivity contribution in [1.82, 2.24) is 15.2 Å². The topological polar surface area (TPSA) is 54.5 Å². The van der Waals surface area contributed by atoms with Gasteiger partial charge in [-0.1, -0.05) is 60.2 Å². The Hall–Kier alpha value is -3.02. The molecule has 1 aliphatic rings. The van der Waals surface area contributed by atoms with Gasteiger partial charge in [0.2, 0.25) is 0 Å². The maximum atomic E-state index is 13.2. The van der Waals surface area contributed by atoms with E-state index < -0.39 is 0 Å². The van der Waals surface area contributed by atoms with E-state index in [4.69, 9.17) is 9.72 Å². The molecule has 2 heterocycles. The van der Waals surface area contributed by atoms with Crippen molar-refractivity contribution >= 4 is 5.91 Å². The fourth-order valence-electron chi connectivity index (χ4n) is 4.00. The molecule has 1 fully saturated rings. The first kappa shape index (κ1) is 21.2. The van der Waals surface area contributed by atoms with Crippen LogP contribution in [-0.4, -0.2) is 55.2 Å². The number of nitrogens with zero attached hydrogens (tertiary/aromatic N) is 2. The summed E-state index contributed by atoms with van der Waals surface area (Å²) in [4.78, 5) is 20.3. The maximum absolute atomic E-state index is 13.2. The lowest BCUT2D eigenvalue weighted by atomic mass is 9.95. The molecule has 0 bridgehead atoms. The van der Waals surface area contributed by atoms with Crippen LogP contribution in [0, 0.1) is 13.8 Å². The highest BCUT2D eigenvalue weighted by atomic mass is 16.5. The lowest BCUT2D eigenvalue weighted by Crippen LogP contribution is -2.41. The van der Waals surface area contributed by atoms with Gasteiger partial charge >= 0.3 is 0 Å². The van der Waals surface area contributed by atoms with Crippen LogP contribution in [0.5, 0.6) is 0 Å². The zero-order valence-corrected chi connectivity index (χ0v) is 18.2. The van der Waals surface area contributed by atoms with Gasteiger partial charge in [0.05, 0.1) is 30.2 Å². The zero-order valence-electron chi connectivity index (χ0n) is 18.2. The van der Waals surface area contributed by atoms with Gasteiger partial charge in [0, 0.05) is 31.7 Å². The summed E-state index contributed by atoms with van der Waals surface area (Å²) in [6, 6.07) is 20.4. The second-order valence-electron chi connectivity index (χ2n) is 7.96. The predicted molar refractivity (Wildman–Crippen MR) is 124 cm³/mol. The number of pyridine rings is 1. The van der Waals surface area contributed by atoms with Crippen LogP contribution >= 0.6 is 0 Å². The van der Waals surface area contributed by atoms with E-state index in [0.29, 0.717) is 12.1 Å². The molecule has 0 saturated carbocycles. The second-order valence-corrected chi connectivity index (χ2v) is 7.96. The van der Waals surface area contributed by atoms with Crippen molar-refractivity contribution in [2.24, 2.45) is 0 Å². The molecule has 1 aliphatic heterocycles. The van der Waals surface area contributed by atoms with Gasteiger partial charge in [0.25, 0.3) is 5.91 Å². The molecule has 1 saturated heterocycles. The Morgan fingerprint density at radius 2 is 1.74 bits per heavy atom. The van der Waals surface area contributed by atoms with Crippen molar-refractivity contribution < 1.29 is 9.53 Å². The van der Waals surface area contributed by atoms with Crippen LogP contribution in [0.1, 0.15) is 21.6 Å². The van der Waals surface area contributed by atoms with E-state index in [1.807, 2.05) is 49.4 Å². The third-order valence-electron chi connectivity index (χ3n) is 5.64. The standard InChI is InChI=1S/C26H29N3O2/c1-19-7-6-10-22(17-19)23-18-24(21-8-4-3-5-9-21)28-20(2)25(23)26(30)27-11-12-29-13-15-31-16-14-29/h3-10,17-18H,11-16H2,1-2H3,(H,27,30). The fraction of sp³-hybridized carbons (Fsp3) is 0.308. The Morgan fingerprint density at radius 1 is 1.00 bits per heavy atom. The molecule has 1 amide bonds. The number of benzene rings is 2. The third-order valence-corrected chi connectivity index (χ3v) is 5.64. The summed E-state index contributed by atoms with van der Waals surface area (Å²) in [7, 11) is 0. The molecular weight excluding hydrogens is 386 g/mol. The number of aryl methyl sites for hydroxylation is 2. The van der Waals surface area contributed by atoms with Crippen molar-refractivity contribution in [3.63, 3.8) is 0 Å². The molecule has 1 aromatic heterocycles. The highest BCUT2D eigenvalue weighted by Gasteiger charge is 2.19. The molecule has 160 valence electrons. The Kier molecular flexibility index (Phi) is 6.75. The quantitative estimate of drug-likeness (QED) is 0.659. The first-order valence-electron chi connectivity index (χ1n) is 10.8. The number of morpholine rings is 1. The maximum Gasteiger partial charge on any atom is 0.253 e. The number of ether oxygens (including phenoxy) is 1. The van der Waals surface area contributed by atoms with Crippen LogP contribution in [0.3, 0.4) is 0 Å².